The topological polar surface area (TPSA) is 78.9 Å². The molecule has 3 aromatic heterocycles. The molecule has 7 rings (SSSR count). The molecule has 0 aliphatic carbocycles. The maximum Gasteiger partial charge on any atom is 0.339 e. The van der Waals surface area contributed by atoms with Crippen LogP contribution < -0.4 is 0 Å². The fourth-order valence-corrected chi connectivity index (χ4v) is 11.2. The van der Waals surface area contributed by atoms with Crippen molar-refractivity contribution in [1.29, 1.82) is 0 Å². The Labute approximate surface area is 402 Å². The first-order valence-corrected chi connectivity index (χ1v) is 25.1. The maximum absolute atomic E-state index is 14.0. The van der Waals surface area contributed by atoms with E-state index in [4.69, 9.17) is 14.2 Å². The van der Waals surface area contributed by atoms with Gasteiger partial charge in [0.1, 0.15) is 0 Å². The molecule has 0 aliphatic heterocycles. The molecule has 4 aromatic carbocycles. The van der Waals surface area contributed by atoms with E-state index in [2.05, 4.69) is 135 Å². The monoisotopic (exact) mass is 936 g/mol. The highest BCUT2D eigenvalue weighted by atomic mass is 32.1. The molecule has 0 atom stereocenters. The van der Waals surface area contributed by atoms with Crippen molar-refractivity contribution < 1.29 is 28.6 Å². The van der Waals surface area contributed by atoms with E-state index >= 15 is 0 Å². The summed E-state index contributed by atoms with van der Waals surface area (Å²) in [6.45, 7) is 25.7. The molecule has 3 heterocycles. The summed E-state index contributed by atoms with van der Waals surface area (Å²) in [5.41, 5.74) is 10.1. The average molecular weight is 937 g/mol. The number of ether oxygens (including phenoxy) is 3. The Morgan fingerprint density at radius 1 is 0.364 bits per heavy atom. The number of hydrogen-bond donors (Lipinski definition) is 0. The number of rotatable bonds is 12. The standard InChI is InChI=1S/C57H60O6S3/c1-13-61-52(58)43-31-46(34-16-22-40(23-17-34)55(4,5)6)64-49(43)37-28-38(50-44(53(59)62-14-2)32-47(65-50)35-18-24-41(25-19-35)56(7,8)9)30-39(29-37)51-45(54(60)63-15-3)33-48(66-51)36-20-26-42(27-21-36)57(10,11)12/h16-33H,13-15H2,1-12H3. The Bertz CT molecular complexity index is 2540. The summed E-state index contributed by atoms with van der Waals surface area (Å²) < 4.78 is 17.1. The van der Waals surface area contributed by atoms with E-state index < -0.39 is 17.9 Å². The number of thiophene rings is 3. The molecule has 0 N–H and O–H groups in total. The third kappa shape index (κ3) is 10.5. The Morgan fingerprint density at radius 2 is 0.591 bits per heavy atom. The highest BCUT2D eigenvalue weighted by Crippen LogP contribution is 2.48. The molecule has 9 heteroatoms. The van der Waals surface area contributed by atoms with Crippen molar-refractivity contribution in [3.8, 4) is 62.6 Å². The van der Waals surface area contributed by atoms with E-state index in [1.807, 2.05) is 36.4 Å². The maximum atomic E-state index is 14.0. The summed E-state index contributed by atoms with van der Waals surface area (Å²) >= 11 is 4.53. The fraction of sp³-hybridized carbons (Fsp3) is 0.316. The Hall–Kier alpha value is -5.61. The molecule has 66 heavy (non-hydrogen) atoms. The number of esters is 3. The summed E-state index contributed by atoms with van der Waals surface area (Å²) in [5, 5.41) is 0. The van der Waals surface area contributed by atoms with Gasteiger partial charge in [-0.05, 0) is 123 Å². The third-order valence-corrected chi connectivity index (χ3v) is 15.2. The lowest BCUT2D eigenvalue weighted by Gasteiger charge is -2.18. The fourth-order valence-electron chi connectivity index (χ4n) is 7.75. The summed E-state index contributed by atoms with van der Waals surface area (Å²) in [6, 6.07) is 37.3. The minimum atomic E-state index is -0.429. The first-order valence-electron chi connectivity index (χ1n) is 22.6. The first kappa shape index (κ1) is 48.3. The molecule has 0 fully saturated rings. The molecule has 0 aliphatic rings. The van der Waals surface area contributed by atoms with Crippen molar-refractivity contribution in [3.05, 3.63) is 143 Å². The van der Waals surface area contributed by atoms with Crippen molar-refractivity contribution in [2.45, 2.75) is 99.3 Å². The van der Waals surface area contributed by atoms with Crippen LogP contribution in [0, 0.1) is 0 Å². The van der Waals surface area contributed by atoms with E-state index in [0.717, 1.165) is 48.0 Å². The Morgan fingerprint density at radius 3 is 0.788 bits per heavy atom. The number of hydrogen-bond acceptors (Lipinski definition) is 9. The molecule has 0 spiro atoms. The zero-order chi connectivity index (χ0) is 47.7. The van der Waals surface area contributed by atoms with Gasteiger partial charge in [0, 0.05) is 29.3 Å². The van der Waals surface area contributed by atoms with Crippen LogP contribution in [0.2, 0.25) is 0 Å². The molecule has 0 unspecified atom stereocenters. The minimum absolute atomic E-state index is 0.0219. The van der Waals surface area contributed by atoms with E-state index in [9.17, 15) is 14.4 Å². The smallest absolute Gasteiger partial charge is 0.339 e. The zero-order valence-electron chi connectivity index (χ0n) is 40.2. The van der Waals surface area contributed by atoms with E-state index in [-0.39, 0.29) is 36.1 Å². The molecule has 0 saturated heterocycles. The average Bonchev–Trinajstić information content (AvgIpc) is 4.04. The van der Waals surface area contributed by atoms with Gasteiger partial charge >= 0.3 is 17.9 Å². The molecule has 6 nitrogen and oxygen atoms in total. The van der Waals surface area contributed by atoms with Crippen LogP contribution in [0.1, 0.15) is 131 Å². The van der Waals surface area contributed by atoms with Gasteiger partial charge in [-0.3, -0.25) is 0 Å². The van der Waals surface area contributed by atoms with Crippen LogP contribution in [-0.2, 0) is 30.5 Å². The van der Waals surface area contributed by atoms with E-state index in [1.165, 1.54) is 50.7 Å². The van der Waals surface area contributed by atoms with Crippen LogP contribution in [-0.4, -0.2) is 37.7 Å². The Kier molecular flexibility index (Phi) is 14.1. The van der Waals surface area contributed by atoms with Crippen LogP contribution in [0.25, 0.3) is 62.6 Å². The van der Waals surface area contributed by atoms with Gasteiger partial charge in [0.2, 0.25) is 0 Å². The predicted molar refractivity (Wildman–Crippen MR) is 277 cm³/mol. The molecule has 0 amide bonds. The quantitative estimate of drug-likeness (QED) is 0.0897. The largest absolute Gasteiger partial charge is 0.462 e. The van der Waals surface area contributed by atoms with Gasteiger partial charge in [-0.15, -0.1) is 34.0 Å². The van der Waals surface area contributed by atoms with Gasteiger partial charge in [0.15, 0.2) is 0 Å². The van der Waals surface area contributed by atoms with Gasteiger partial charge in [0.25, 0.3) is 0 Å². The second kappa shape index (κ2) is 19.3. The van der Waals surface area contributed by atoms with Gasteiger partial charge in [0.05, 0.1) is 36.5 Å². The van der Waals surface area contributed by atoms with E-state index in [1.54, 1.807) is 20.8 Å². The van der Waals surface area contributed by atoms with Crippen molar-refractivity contribution in [1.82, 2.24) is 0 Å². The van der Waals surface area contributed by atoms with Crippen LogP contribution in [0.15, 0.2) is 109 Å². The van der Waals surface area contributed by atoms with Crippen molar-refractivity contribution >= 4 is 51.9 Å². The molecular weight excluding hydrogens is 877 g/mol. The minimum Gasteiger partial charge on any atom is -0.462 e. The highest BCUT2D eigenvalue weighted by molar-refractivity contribution is 7.20. The number of carbonyl (C=O) groups is 3. The van der Waals surface area contributed by atoms with Crippen molar-refractivity contribution in [3.63, 3.8) is 0 Å². The molecule has 0 radical (unpaired) electrons. The summed E-state index contributed by atoms with van der Waals surface area (Å²) in [5.74, 6) is -1.29. The summed E-state index contributed by atoms with van der Waals surface area (Å²) in [4.78, 5) is 46.8. The van der Waals surface area contributed by atoms with Gasteiger partial charge in [-0.2, -0.15) is 0 Å². The normalized spacial score (nSPS) is 12.0. The van der Waals surface area contributed by atoms with Crippen LogP contribution in [0.4, 0.5) is 0 Å². The van der Waals surface area contributed by atoms with Crippen molar-refractivity contribution in [2.75, 3.05) is 19.8 Å². The van der Waals surface area contributed by atoms with Crippen LogP contribution >= 0.6 is 34.0 Å². The summed E-state index contributed by atoms with van der Waals surface area (Å²) in [7, 11) is 0. The molecule has 0 bridgehead atoms. The van der Waals surface area contributed by atoms with Crippen molar-refractivity contribution in [2.24, 2.45) is 0 Å². The van der Waals surface area contributed by atoms with E-state index in [0.29, 0.717) is 31.3 Å². The lowest BCUT2D eigenvalue weighted by atomic mass is 9.86. The predicted octanol–water partition coefficient (Wildman–Crippen LogP) is 16.3. The van der Waals surface area contributed by atoms with Crippen LogP contribution in [0.3, 0.4) is 0 Å². The van der Waals surface area contributed by atoms with Gasteiger partial charge in [-0.1, -0.05) is 135 Å². The zero-order valence-corrected chi connectivity index (χ0v) is 42.6. The highest BCUT2D eigenvalue weighted by Gasteiger charge is 2.27. The summed E-state index contributed by atoms with van der Waals surface area (Å²) in [6.07, 6.45) is 0. The van der Waals surface area contributed by atoms with Gasteiger partial charge < -0.3 is 14.2 Å². The molecule has 7 aromatic rings. The SMILES string of the molecule is CCOC(=O)c1cc(-c2ccc(C(C)(C)C)cc2)sc1-c1cc(-c2sc(-c3ccc(C(C)(C)C)cc3)cc2C(=O)OCC)cc(-c2sc(-c3ccc(C(C)(C)C)cc3)cc2C(=O)OCC)c1. The number of carbonyl (C=O) groups excluding carboxylic acids is 3. The first-order chi connectivity index (χ1) is 31.2. The van der Waals surface area contributed by atoms with Crippen LogP contribution in [0.5, 0.6) is 0 Å². The van der Waals surface area contributed by atoms with Gasteiger partial charge in [-0.25, -0.2) is 14.4 Å². The second-order valence-corrected chi connectivity index (χ2v) is 22.7. The number of benzene rings is 4. The lowest BCUT2D eigenvalue weighted by Crippen LogP contribution is -2.10. The third-order valence-electron chi connectivity index (χ3n) is 11.5. The Balaban J connectivity index is 1.50. The molecule has 342 valence electrons. The second-order valence-electron chi connectivity index (χ2n) is 19.5. The molecule has 0 saturated carbocycles. The molecular formula is C57H60O6S3. The lowest BCUT2D eigenvalue weighted by molar-refractivity contribution is 0.0518.